The zero-order chi connectivity index (χ0) is 15.1. The van der Waals surface area contributed by atoms with Gasteiger partial charge in [0.15, 0.2) is 11.6 Å². The first-order valence-corrected chi connectivity index (χ1v) is 6.44. The number of ketones is 2. The lowest BCUT2D eigenvalue weighted by molar-refractivity contribution is -0.123. The summed E-state index contributed by atoms with van der Waals surface area (Å²) in [5.74, 6) is -4.64. The zero-order valence-electron chi connectivity index (χ0n) is 10.9. The van der Waals surface area contributed by atoms with E-state index >= 15 is 0 Å². The molecule has 0 spiro atoms. The van der Waals surface area contributed by atoms with Crippen molar-refractivity contribution in [3.05, 3.63) is 29.3 Å². The molecule has 0 radical (unpaired) electrons. The Morgan fingerprint density at radius 1 is 1.33 bits per heavy atom. The largest absolute Gasteiger partial charge is 0.381 e. The molecule has 0 N–H and O–H groups in total. The lowest BCUT2D eigenvalue weighted by atomic mass is 10.0. The number of anilines is 1. The van der Waals surface area contributed by atoms with E-state index in [1.807, 2.05) is 0 Å². The van der Waals surface area contributed by atoms with Crippen LogP contribution < -0.4 is 4.90 Å². The highest BCUT2D eigenvalue weighted by Gasteiger charge is 2.40. The fourth-order valence-corrected chi connectivity index (χ4v) is 2.58. The van der Waals surface area contributed by atoms with Gasteiger partial charge in [0.1, 0.15) is 5.82 Å². The number of halogens is 2. The van der Waals surface area contributed by atoms with Crippen molar-refractivity contribution in [1.29, 1.82) is 0 Å². The van der Waals surface area contributed by atoms with Crippen LogP contribution in [0.4, 0.5) is 14.5 Å². The van der Waals surface area contributed by atoms with Crippen molar-refractivity contribution < 1.29 is 27.9 Å². The molecule has 5 nitrogen and oxygen atoms in total. The molecular formula is C14H11F2NO4. The molecule has 2 aliphatic heterocycles. The third-order valence-corrected chi connectivity index (χ3v) is 3.68. The molecule has 2 aliphatic rings. The predicted molar refractivity (Wildman–Crippen MR) is 67.0 cm³/mol. The second-order valence-corrected chi connectivity index (χ2v) is 5.03. The van der Waals surface area contributed by atoms with Gasteiger partial charge in [-0.2, -0.15) is 0 Å². The fraction of sp³-hybridized carbons (Fsp3) is 0.357. The number of hydrogen-bond donors (Lipinski definition) is 0. The zero-order valence-corrected chi connectivity index (χ0v) is 10.9. The molecule has 2 heterocycles. The maximum atomic E-state index is 13.9. The smallest absolute Gasteiger partial charge is 0.299 e. The minimum absolute atomic E-state index is 0.258. The topological polar surface area (TPSA) is 63.7 Å². The van der Waals surface area contributed by atoms with Gasteiger partial charge >= 0.3 is 0 Å². The summed E-state index contributed by atoms with van der Waals surface area (Å²) in [6, 6.07) is 1.39. The van der Waals surface area contributed by atoms with Gasteiger partial charge in [0, 0.05) is 18.6 Å². The SMILES string of the molecule is O=C1C(=O)N(CC(=O)C2CCOC2)c2c(F)cc(F)cc21. The van der Waals surface area contributed by atoms with Crippen LogP contribution in [0, 0.1) is 17.6 Å². The first-order chi connectivity index (χ1) is 9.99. The molecule has 7 heteroatoms. The molecule has 1 atom stereocenters. The Morgan fingerprint density at radius 2 is 2.10 bits per heavy atom. The first-order valence-electron chi connectivity index (χ1n) is 6.44. The van der Waals surface area contributed by atoms with Gasteiger partial charge in [0.05, 0.1) is 24.4 Å². The van der Waals surface area contributed by atoms with E-state index in [2.05, 4.69) is 0 Å². The quantitative estimate of drug-likeness (QED) is 0.783. The Balaban J connectivity index is 1.92. The van der Waals surface area contributed by atoms with Gasteiger partial charge in [0.2, 0.25) is 0 Å². The molecule has 1 amide bonds. The molecule has 3 rings (SSSR count). The highest BCUT2D eigenvalue weighted by molar-refractivity contribution is 6.52. The Kier molecular flexibility index (Phi) is 3.29. The summed E-state index contributed by atoms with van der Waals surface area (Å²) >= 11 is 0. The van der Waals surface area contributed by atoms with E-state index in [9.17, 15) is 23.2 Å². The van der Waals surface area contributed by atoms with Gasteiger partial charge < -0.3 is 4.74 Å². The molecule has 0 bridgehead atoms. The van der Waals surface area contributed by atoms with Crippen molar-refractivity contribution >= 4 is 23.2 Å². The van der Waals surface area contributed by atoms with Crippen molar-refractivity contribution in [1.82, 2.24) is 0 Å². The summed E-state index contributed by atoms with van der Waals surface area (Å²) in [5.41, 5.74) is -0.661. The minimum Gasteiger partial charge on any atom is -0.381 e. The molecule has 1 saturated heterocycles. The van der Waals surface area contributed by atoms with Crippen molar-refractivity contribution in [3.63, 3.8) is 0 Å². The second kappa shape index (κ2) is 5.00. The standard InChI is InChI=1S/C14H11F2NO4/c15-8-3-9-12(10(16)4-8)17(14(20)13(9)19)5-11(18)7-1-2-21-6-7/h3-4,7H,1-2,5-6H2. The number of rotatable bonds is 3. The molecule has 0 aromatic heterocycles. The lowest BCUT2D eigenvalue weighted by Crippen LogP contribution is -2.37. The lowest BCUT2D eigenvalue weighted by Gasteiger charge is -2.17. The minimum atomic E-state index is -1.03. The number of ether oxygens (including phenoxy) is 1. The summed E-state index contributed by atoms with van der Waals surface area (Å²) in [6.45, 7) is 0.307. The van der Waals surface area contributed by atoms with E-state index in [0.29, 0.717) is 19.1 Å². The van der Waals surface area contributed by atoms with Gasteiger partial charge in [-0.1, -0.05) is 0 Å². The second-order valence-electron chi connectivity index (χ2n) is 5.03. The van der Waals surface area contributed by atoms with Crippen molar-refractivity contribution in [2.75, 3.05) is 24.7 Å². The first kappa shape index (κ1) is 13.8. The van der Waals surface area contributed by atoms with Crippen LogP contribution in [0.15, 0.2) is 12.1 Å². The predicted octanol–water partition coefficient (Wildman–Crippen LogP) is 1.10. The third kappa shape index (κ3) is 2.23. The molecule has 110 valence electrons. The van der Waals surface area contributed by atoms with Crippen LogP contribution in [0.5, 0.6) is 0 Å². The summed E-state index contributed by atoms with van der Waals surface area (Å²) in [5, 5.41) is 0. The number of benzene rings is 1. The molecule has 1 aromatic carbocycles. The fourth-order valence-electron chi connectivity index (χ4n) is 2.58. The third-order valence-electron chi connectivity index (χ3n) is 3.68. The number of carbonyl (C=O) groups excluding carboxylic acids is 3. The van der Waals surface area contributed by atoms with E-state index in [0.717, 1.165) is 11.0 Å². The Hall–Kier alpha value is -2.15. The summed E-state index contributed by atoms with van der Waals surface area (Å²) in [6.07, 6.45) is 0.535. The van der Waals surface area contributed by atoms with Crippen LogP contribution in [-0.2, 0) is 14.3 Å². The van der Waals surface area contributed by atoms with Crippen LogP contribution in [0.25, 0.3) is 0 Å². The molecule has 1 fully saturated rings. The number of fused-ring (bicyclic) bond motifs is 1. The maximum Gasteiger partial charge on any atom is 0.299 e. The van der Waals surface area contributed by atoms with Gasteiger partial charge in [0.25, 0.3) is 11.7 Å². The molecule has 0 saturated carbocycles. The van der Waals surface area contributed by atoms with Gasteiger partial charge in [-0.15, -0.1) is 0 Å². The Labute approximate surface area is 118 Å². The average Bonchev–Trinajstić information content (AvgIpc) is 3.03. The number of carbonyl (C=O) groups is 3. The van der Waals surface area contributed by atoms with E-state index in [1.54, 1.807) is 0 Å². The van der Waals surface area contributed by atoms with Crippen LogP contribution >= 0.6 is 0 Å². The van der Waals surface area contributed by atoms with E-state index in [1.165, 1.54) is 0 Å². The normalized spacial score (nSPS) is 21.0. The summed E-state index contributed by atoms with van der Waals surface area (Å²) in [4.78, 5) is 36.5. The highest BCUT2D eigenvalue weighted by Crippen LogP contribution is 2.33. The molecule has 1 unspecified atom stereocenters. The van der Waals surface area contributed by atoms with E-state index in [4.69, 9.17) is 4.74 Å². The maximum absolute atomic E-state index is 13.9. The van der Waals surface area contributed by atoms with Crippen molar-refractivity contribution in [2.24, 2.45) is 5.92 Å². The number of amides is 1. The number of nitrogens with zero attached hydrogens (tertiary/aromatic N) is 1. The average molecular weight is 295 g/mol. The molecular weight excluding hydrogens is 284 g/mol. The molecule has 0 aliphatic carbocycles. The monoisotopic (exact) mass is 295 g/mol. The van der Waals surface area contributed by atoms with Gasteiger partial charge in [-0.3, -0.25) is 19.3 Å². The van der Waals surface area contributed by atoms with Crippen LogP contribution in [0.3, 0.4) is 0 Å². The molecule has 21 heavy (non-hydrogen) atoms. The van der Waals surface area contributed by atoms with E-state index in [-0.39, 0.29) is 29.6 Å². The number of hydrogen-bond acceptors (Lipinski definition) is 4. The Morgan fingerprint density at radius 3 is 2.76 bits per heavy atom. The van der Waals surface area contributed by atoms with Crippen LogP contribution in [0.1, 0.15) is 16.8 Å². The Bertz CT molecular complexity index is 653. The summed E-state index contributed by atoms with van der Waals surface area (Å²) < 4.78 is 32.1. The van der Waals surface area contributed by atoms with E-state index < -0.39 is 29.9 Å². The van der Waals surface area contributed by atoms with Gasteiger partial charge in [-0.25, -0.2) is 8.78 Å². The molecule has 1 aromatic rings. The van der Waals surface area contributed by atoms with Crippen molar-refractivity contribution in [3.8, 4) is 0 Å². The number of Topliss-reactive ketones (excluding diaryl/α,β-unsaturated/α-hetero) is 2. The summed E-state index contributed by atoms with van der Waals surface area (Å²) in [7, 11) is 0. The highest BCUT2D eigenvalue weighted by atomic mass is 19.1. The van der Waals surface area contributed by atoms with Gasteiger partial charge in [-0.05, 0) is 12.5 Å². The van der Waals surface area contributed by atoms with Crippen molar-refractivity contribution in [2.45, 2.75) is 6.42 Å². The van der Waals surface area contributed by atoms with Crippen LogP contribution in [0.2, 0.25) is 0 Å². The van der Waals surface area contributed by atoms with Crippen LogP contribution in [-0.4, -0.2) is 37.2 Å².